The fourth-order valence-corrected chi connectivity index (χ4v) is 6.25. The number of rotatable bonds is 4. The number of urea groups is 1. The van der Waals surface area contributed by atoms with Gasteiger partial charge in [-0.2, -0.15) is 0 Å². The molecule has 3 fully saturated rings. The van der Waals surface area contributed by atoms with E-state index < -0.39 is 35.4 Å². The van der Waals surface area contributed by atoms with Crippen LogP contribution in [0.1, 0.15) is 37.4 Å². The molecule has 3 unspecified atom stereocenters. The minimum Gasteiger partial charge on any atom is -0.300 e. The number of likely N-dealkylation sites (tertiary alicyclic amines) is 1. The second-order valence-electron chi connectivity index (χ2n) is 8.83. The van der Waals surface area contributed by atoms with Gasteiger partial charge in [-0.15, -0.1) is 0 Å². The molecule has 5 amide bonds. The van der Waals surface area contributed by atoms with E-state index in [0.29, 0.717) is 5.69 Å². The molecule has 0 spiro atoms. The number of anilines is 1. The molecule has 2 aromatic rings. The van der Waals surface area contributed by atoms with E-state index >= 15 is 0 Å². The second kappa shape index (κ2) is 7.52. The maximum atomic E-state index is 14.0. The average molecular weight is 510 g/mol. The predicted octanol–water partition coefficient (Wildman–Crippen LogP) is 4.05. The van der Waals surface area contributed by atoms with Crippen LogP contribution in [0.25, 0.3) is 0 Å². The largest absolute Gasteiger partial charge is 0.332 e. The van der Waals surface area contributed by atoms with Gasteiger partial charge in [0.2, 0.25) is 11.8 Å². The lowest BCUT2D eigenvalue weighted by Gasteiger charge is -2.34. The molecule has 0 aromatic heterocycles. The van der Waals surface area contributed by atoms with Crippen LogP contribution in [-0.4, -0.2) is 45.6 Å². The molecular formula is C25H24BrN3O4. The lowest BCUT2D eigenvalue weighted by atomic mass is 9.77. The number of halogens is 1. The van der Waals surface area contributed by atoms with Crippen LogP contribution in [-0.2, 0) is 14.4 Å². The van der Waals surface area contributed by atoms with Crippen LogP contribution < -0.4 is 4.90 Å². The number of carbonyl (C=O) groups is 4. The first-order valence-electron chi connectivity index (χ1n) is 11.1. The predicted molar refractivity (Wildman–Crippen MR) is 125 cm³/mol. The van der Waals surface area contributed by atoms with E-state index in [0.717, 1.165) is 20.5 Å². The van der Waals surface area contributed by atoms with Gasteiger partial charge in [0.25, 0.3) is 5.91 Å². The van der Waals surface area contributed by atoms with Crippen molar-refractivity contribution >= 4 is 45.4 Å². The molecule has 0 saturated carbocycles. The summed E-state index contributed by atoms with van der Waals surface area (Å²) in [7, 11) is 0. The summed E-state index contributed by atoms with van der Waals surface area (Å²) in [5.74, 6) is -2.81. The van der Waals surface area contributed by atoms with Crippen LogP contribution in [0.4, 0.5) is 10.5 Å². The van der Waals surface area contributed by atoms with Crippen molar-refractivity contribution in [3.8, 4) is 0 Å². The average Bonchev–Trinajstić information content (AvgIpc) is 3.32. The zero-order chi connectivity index (χ0) is 23.7. The van der Waals surface area contributed by atoms with Crippen LogP contribution in [0, 0.1) is 18.8 Å². The van der Waals surface area contributed by atoms with Crippen molar-refractivity contribution in [3.63, 3.8) is 0 Å². The van der Waals surface area contributed by atoms with E-state index in [1.165, 1.54) is 9.80 Å². The van der Waals surface area contributed by atoms with Gasteiger partial charge in [0.1, 0.15) is 5.54 Å². The monoisotopic (exact) mass is 509 g/mol. The Bertz CT molecular complexity index is 1200. The topological polar surface area (TPSA) is 78.0 Å². The van der Waals surface area contributed by atoms with E-state index in [2.05, 4.69) is 15.9 Å². The summed E-state index contributed by atoms with van der Waals surface area (Å²) in [6, 6.07) is 13.4. The highest BCUT2D eigenvalue weighted by Crippen LogP contribution is 2.59. The van der Waals surface area contributed by atoms with Crippen LogP contribution in [0.2, 0.25) is 0 Å². The molecule has 0 bridgehead atoms. The van der Waals surface area contributed by atoms with E-state index in [1.807, 2.05) is 44.2 Å². The van der Waals surface area contributed by atoms with Crippen molar-refractivity contribution in [2.24, 2.45) is 11.8 Å². The third kappa shape index (κ3) is 2.73. The summed E-state index contributed by atoms with van der Waals surface area (Å²) >= 11 is 3.41. The molecule has 2 aromatic carbocycles. The van der Waals surface area contributed by atoms with Crippen molar-refractivity contribution < 1.29 is 19.2 Å². The van der Waals surface area contributed by atoms with Gasteiger partial charge in [-0.05, 0) is 44.0 Å². The molecule has 3 aliphatic rings. The number of fused-ring (bicyclic) bond motifs is 3. The van der Waals surface area contributed by atoms with Crippen LogP contribution in [0.15, 0.2) is 53.0 Å². The number of nitrogens with zero attached hydrogens (tertiary/aromatic N) is 3. The molecule has 0 radical (unpaired) electrons. The van der Waals surface area contributed by atoms with E-state index in [9.17, 15) is 19.2 Å². The Balaban J connectivity index is 1.74. The van der Waals surface area contributed by atoms with Crippen LogP contribution >= 0.6 is 15.9 Å². The maximum absolute atomic E-state index is 14.0. The highest BCUT2D eigenvalue weighted by molar-refractivity contribution is 9.10. The summed E-state index contributed by atoms with van der Waals surface area (Å²) in [5, 5.41) is 0. The van der Waals surface area contributed by atoms with Gasteiger partial charge in [-0.1, -0.05) is 58.7 Å². The number of amides is 5. The minimum absolute atomic E-state index is 0.238. The number of benzene rings is 2. The lowest BCUT2D eigenvalue weighted by molar-refractivity contribution is -0.144. The molecular weight excluding hydrogens is 486 g/mol. The molecule has 3 aliphatic heterocycles. The van der Waals surface area contributed by atoms with Crippen molar-refractivity contribution in [2.45, 2.75) is 38.8 Å². The Morgan fingerprint density at radius 3 is 2.27 bits per heavy atom. The highest BCUT2D eigenvalue weighted by Gasteiger charge is 2.76. The van der Waals surface area contributed by atoms with Gasteiger partial charge in [-0.25, -0.2) is 9.69 Å². The molecule has 7 nitrogen and oxygen atoms in total. The van der Waals surface area contributed by atoms with Gasteiger partial charge in [0, 0.05) is 11.0 Å². The van der Waals surface area contributed by atoms with Gasteiger partial charge in [-0.3, -0.25) is 19.3 Å². The smallest absolute Gasteiger partial charge is 0.300 e. The Morgan fingerprint density at radius 1 is 0.970 bits per heavy atom. The normalized spacial score (nSPS) is 28.7. The SMILES string of the molecule is CCN1C(=O)C2C(c3ccc(C)cc3)N3C(=O)N(c4cccc(Br)c4)C(=O)[C@@]3(CC)C2C1=O. The Morgan fingerprint density at radius 2 is 1.67 bits per heavy atom. The second-order valence-corrected chi connectivity index (χ2v) is 9.75. The molecule has 0 N–H and O–H groups in total. The van der Waals surface area contributed by atoms with E-state index in [4.69, 9.17) is 0 Å². The molecule has 0 aliphatic carbocycles. The van der Waals surface area contributed by atoms with Gasteiger partial charge >= 0.3 is 6.03 Å². The summed E-state index contributed by atoms with van der Waals surface area (Å²) in [5.41, 5.74) is 0.821. The Kier molecular flexibility index (Phi) is 4.97. The quantitative estimate of drug-likeness (QED) is 0.460. The maximum Gasteiger partial charge on any atom is 0.332 e. The van der Waals surface area contributed by atoms with Crippen LogP contribution in [0.5, 0.6) is 0 Å². The fourth-order valence-electron chi connectivity index (χ4n) is 5.86. The van der Waals surface area contributed by atoms with Crippen molar-refractivity contribution in [1.29, 1.82) is 0 Å². The molecule has 8 heteroatoms. The first-order valence-corrected chi connectivity index (χ1v) is 11.9. The first-order chi connectivity index (χ1) is 15.8. The summed E-state index contributed by atoms with van der Waals surface area (Å²) < 4.78 is 0.732. The van der Waals surface area contributed by atoms with Crippen molar-refractivity contribution in [2.75, 3.05) is 11.4 Å². The number of hydrogen-bond acceptors (Lipinski definition) is 4. The number of hydrogen-bond donors (Lipinski definition) is 0. The van der Waals surface area contributed by atoms with Gasteiger partial charge in [0.05, 0.1) is 23.6 Å². The zero-order valence-electron chi connectivity index (χ0n) is 18.6. The number of carbonyl (C=O) groups excluding carboxylic acids is 4. The lowest BCUT2D eigenvalue weighted by Crippen LogP contribution is -2.53. The zero-order valence-corrected chi connectivity index (χ0v) is 20.2. The van der Waals surface area contributed by atoms with Gasteiger partial charge in [0.15, 0.2) is 0 Å². The molecule has 5 rings (SSSR count). The molecule has 170 valence electrons. The Hall–Kier alpha value is -3.00. The Labute approximate surface area is 200 Å². The van der Waals surface area contributed by atoms with E-state index in [1.54, 1.807) is 25.1 Å². The first kappa shape index (κ1) is 21.8. The highest BCUT2D eigenvalue weighted by atomic mass is 79.9. The van der Waals surface area contributed by atoms with Crippen molar-refractivity contribution in [3.05, 3.63) is 64.1 Å². The molecule has 33 heavy (non-hydrogen) atoms. The minimum atomic E-state index is -1.41. The summed E-state index contributed by atoms with van der Waals surface area (Å²) in [6.07, 6.45) is 0.238. The molecule has 4 atom stereocenters. The standard InChI is InChI=1S/C25H24BrN3O4/c1-4-25-19-18(21(30)27(5-2)22(19)31)20(15-11-9-14(3)10-12-15)29(25)24(33)28(23(25)32)17-8-6-7-16(26)13-17/h6-13,18-20H,4-5H2,1-3H3/t18?,19?,20?,25-/m1/s1. The van der Waals surface area contributed by atoms with Crippen molar-refractivity contribution in [1.82, 2.24) is 9.80 Å². The number of aryl methyl sites for hydroxylation is 1. The summed E-state index contributed by atoms with van der Waals surface area (Å²) in [6.45, 7) is 5.76. The van der Waals surface area contributed by atoms with E-state index in [-0.39, 0.29) is 24.8 Å². The molecule has 3 saturated heterocycles. The number of imide groups is 2. The third-order valence-electron chi connectivity index (χ3n) is 7.32. The van der Waals surface area contributed by atoms with Crippen LogP contribution in [0.3, 0.4) is 0 Å². The third-order valence-corrected chi connectivity index (χ3v) is 7.81. The molecule has 3 heterocycles. The summed E-state index contributed by atoms with van der Waals surface area (Å²) in [4.78, 5) is 58.8. The fraction of sp³-hybridized carbons (Fsp3) is 0.360. The van der Waals surface area contributed by atoms with Gasteiger partial charge < -0.3 is 4.90 Å².